The smallest absolute Gasteiger partial charge is 0.242 e. The zero-order chi connectivity index (χ0) is 14.3. The number of hydrogen-bond donors (Lipinski definition) is 2. The number of rotatable bonds is 8. The fourth-order valence-corrected chi connectivity index (χ4v) is 2.90. The predicted octanol–water partition coefficient (Wildman–Crippen LogP) is 1.22. The first-order valence-electron chi connectivity index (χ1n) is 6.18. The van der Waals surface area contributed by atoms with Crippen molar-refractivity contribution in [2.75, 3.05) is 26.1 Å². The SMILES string of the molecule is CCCC(COC)NS(=O)(=O)c1ccc(NC)nc1. The first-order valence-corrected chi connectivity index (χ1v) is 7.67. The second kappa shape index (κ2) is 7.42. The van der Waals surface area contributed by atoms with Gasteiger partial charge in [0.05, 0.1) is 6.61 Å². The molecule has 1 unspecified atom stereocenters. The highest BCUT2D eigenvalue weighted by Crippen LogP contribution is 2.12. The van der Waals surface area contributed by atoms with Crippen LogP contribution >= 0.6 is 0 Å². The predicted molar refractivity (Wildman–Crippen MR) is 74.7 cm³/mol. The highest BCUT2D eigenvalue weighted by Gasteiger charge is 2.19. The first-order chi connectivity index (χ1) is 9.03. The lowest BCUT2D eigenvalue weighted by Crippen LogP contribution is -2.37. The lowest BCUT2D eigenvalue weighted by Gasteiger charge is -2.17. The summed E-state index contributed by atoms with van der Waals surface area (Å²) in [4.78, 5) is 4.16. The van der Waals surface area contributed by atoms with Gasteiger partial charge >= 0.3 is 0 Å². The van der Waals surface area contributed by atoms with Crippen LogP contribution in [0.1, 0.15) is 19.8 Å². The van der Waals surface area contributed by atoms with Crippen molar-refractivity contribution in [2.45, 2.75) is 30.7 Å². The average Bonchev–Trinajstić information content (AvgIpc) is 2.39. The number of anilines is 1. The molecule has 7 heteroatoms. The Morgan fingerprint density at radius 1 is 1.42 bits per heavy atom. The monoisotopic (exact) mass is 287 g/mol. The van der Waals surface area contributed by atoms with E-state index in [1.807, 2.05) is 6.92 Å². The minimum absolute atomic E-state index is 0.156. The van der Waals surface area contributed by atoms with Gasteiger partial charge in [-0.15, -0.1) is 0 Å². The van der Waals surface area contributed by atoms with E-state index in [0.717, 1.165) is 12.8 Å². The van der Waals surface area contributed by atoms with Crippen molar-refractivity contribution in [3.05, 3.63) is 18.3 Å². The molecule has 0 aromatic carbocycles. The summed E-state index contributed by atoms with van der Waals surface area (Å²) in [6, 6.07) is 2.93. The molecule has 0 aliphatic rings. The Kier molecular flexibility index (Phi) is 6.20. The summed E-state index contributed by atoms with van der Waals surface area (Å²) >= 11 is 0. The highest BCUT2D eigenvalue weighted by atomic mass is 32.2. The molecule has 6 nitrogen and oxygen atoms in total. The molecule has 0 saturated heterocycles. The fourth-order valence-electron chi connectivity index (χ4n) is 1.70. The molecule has 1 aromatic rings. The Balaban J connectivity index is 2.83. The second-order valence-corrected chi connectivity index (χ2v) is 5.91. The standard InChI is InChI=1S/C12H21N3O3S/c1-4-5-10(9-18-3)15-19(16,17)11-6-7-12(13-2)14-8-11/h6-8,10,15H,4-5,9H2,1-3H3,(H,13,14). The van der Waals surface area contributed by atoms with E-state index < -0.39 is 10.0 Å². The van der Waals surface area contributed by atoms with Crippen molar-refractivity contribution in [1.82, 2.24) is 9.71 Å². The van der Waals surface area contributed by atoms with Crippen LogP contribution in [-0.2, 0) is 14.8 Å². The number of nitrogens with one attached hydrogen (secondary N) is 2. The zero-order valence-electron chi connectivity index (χ0n) is 11.5. The number of aromatic nitrogens is 1. The number of nitrogens with zero attached hydrogens (tertiary/aromatic N) is 1. The molecular formula is C12H21N3O3S. The summed E-state index contributed by atoms with van der Waals surface area (Å²) in [6.45, 7) is 2.36. The fraction of sp³-hybridized carbons (Fsp3) is 0.583. The maximum absolute atomic E-state index is 12.2. The highest BCUT2D eigenvalue weighted by molar-refractivity contribution is 7.89. The van der Waals surface area contributed by atoms with E-state index in [1.165, 1.54) is 12.3 Å². The lowest BCUT2D eigenvalue weighted by molar-refractivity contribution is 0.171. The summed E-state index contributed by atoms with van der Waals surface area (Å²) in [6.07, 6.45) is 2.95. The molecule has 1 atom stereocenters. The topological polar surface area (TPSA) is 80.3 Å². The second-order valence-electron chi connectivity index (χ2n) is 4.19. The van der Waals surface area contributed by atoms with Gasteiger partial charge in [-0.1, -0.05) is 13.3 Å². The normalized spacial score (nSPS) is 13.2. The molecule has 2 N–H and O–H groups in total. The van der Waals surface area contributed by atoms with Crippen LogP contribution in [0.25, 0.3) is 0 Å². The van der Waals surface area contributed by atoms with Crippen LogP contribution in [0.2, 0.25) is 0 Å². The van der Waals surface area contributed by atoms with Crippen LogP contribution in [0.3, 0.4) is 0 Å². The Morgan fingerprint density at radius 2 is 2.16 bits per heavy atom. The molecule has 0 radical (unpaired) electrons. The Hall–Kier alpha value is -1.18. The molecule has 19 heavy (non-hydrogen) atoms. The Bertz CT molecular complexity index is 467. The van der Waals surface area contributed by atoms with E-state index in [2.05, 4.69) is 15.0 Å². The summed E-state index contributed by atoms with van der Waals surface area (Å²) < 4.78 is 32.0. The van der Waals surface area contributed by atoms with Crippen LogP contribution in [0, 0.1) is 0 Å². The average molecular weight is 287 g/mol. The van der Waals surface area contributed by atoms with E-state index in [4.69, 9.17) is 4.74 Å². The van der Waals surface area contributed by atoms with Crippen molar-refractivity contribution in [3.8, 4) is 0 Å². The first kappa shape index (κ1) is 15.9. The molecule has 1 aromatic heterocycles. The number of pyridine rings is 1. The van der Waals surface area contributed by atoms with Gasteiger partial charge in [-0.3, -0.25) is 0 Å². The third kappa shape index (κ3) is 4.77. The molecule has 0 bridgehead atoms. The molecule has 0 amide bonds. The van der Waals surface area contributed by atoms with E-state index in [-0.39, 0.29) is 10.9 Å². The van der Waals surface area contributed by atoms with Crippen molar-refractivity contribution in [1.29, 1.82) is 0 Å². The van der Waals surface area contributed by atoms with Gasteiger partial charge in [-0.05, 0) is 18.6 Å². The van der Waals surface area contributed by atoms with Gasteiger partial charge in [-0.25, -0.2) is 18.1 Å². The van der Waals surface area contributed by atoms with Gasteiger partial charge in [0.2, 0.25) is 10.0 Å². The van der Waals surface area contributed by atoms with E-state index in [1.54, 1.807) is 20.2 Å². The third-order valence-electron chi connectivity index (χ3n) is 2.63. The van der Waals surface area contributed by atoms with Crippen molar-refractivity contribution >= 4 is 15.8 Å². The molecule has 0 saturated carbocycles. The van der Waals surface area contributed by atoms with Crippen LogP contribution in [0.4, 0.5) is 5.82 Å². The van der Waals surface area contributed by atoms with E-state index in [0.29, 0.717) is 12.4 Å². The molecule has 0 fully saturated rings. The molecule has 108 valence electrons. The van der Waals surface area contributed by atoms with Gasteiger partial charge in [0.15, 0.2) is 0 Å². The van der Waals surface area contributed by atoms with Crippen LogP contribution in [0.5, 0.6) is 0 Å². The molecule has 0 aliphatic heterocycles. The number of sulfonamides is 1. The quantitative estimate of drug-likeness (QED) is 0.751. The Labute approximate surface area is 114 Å². The lowest BCUT2D eigenvalue weighted by atomic mass is 10.2. The number of ether oxygens (including phenoxy) is 1. The van der Waals surface area contributed by atoms with Crippen LogP contribution < -0.4 is 10.0 Å². The maximum atomic E-state index is 12.2. The summed E-state index contributed by atoms with van der Waals surface area (Å²) in [5.41, 5.74) is 0. The summed E-state index contributed by atoms with van der Waals surface area (Å²) in [7, 11) is -0.267. The van der Waals surface area contributed by atoms with Gasteiger partial charge in [-0.2, -0.15) is 0 Å². The minimum atomic E-state index is -3.55. The van der Waals surface area contributed by atoms with Crippen LogP contribution in [0.15, 0.2) is 23.2 Å². The van der Waals surface area contributed by atoms with E-state index in [9.17, 15) is 8.42 Å². The zero-order valence-corrected chi connectivity index (χ0v) is 12.3. The van der Waals surface area contributed by atoms with E-state index >= 15 is 0 Å². The minimum Gasteiger partial charge on any atom is -0.383 e. The largest absolute Gasteiger partial charge is 0.383 e. The number of methoxy groups -OCH3 is 1. The third-order valence-corrected chi connectivity index (χ3v) is 4.14. The van der Waals surface area contributed by atoms with Gasteiger partial charge in [0.1, 0.15) is 10.7 Å². The molecule has 1 heterocycles. The van der Waals surface area contributed by atoms with Crippen molar-refractivity contribution in [2.24, 2.45) is 0 Å². The van der Waals surface area contributed by atoms with Crippen molar-refractivity contribution in [3.63, 3.8) is 0 Å². The number of hydrogen-bond acceptors (Lipinski definition) is 5. The molecular weight excluding hydrogens is 266 g/mol. The Morgan fingerprint density at radius 3 is 2.63 bits per heavy atom. The van der Waals surface area contributed by atoms with Gasteiger partial charge in [0, 0.05) is 26.4 Å². The molecule has 0 spiro atoms. The van der Waals surface area contributed by atoms with Crippen molar-refractivity contribution < 1.29 is 13.2 Å². The molecule has 0 aliphatic carbocycles. The summed E-state index contributed by atoms with van der Waals surface area (Å²) in [5, 5.41) is 2.84. The molecule has 1 rings (SSSR count). The van der Waals surface area contributed by atoms with Crippen LogP contribution in [-0.4, -0.2) is 40.2 Å². The maximum Gasteiger partial charge on any atom is 0.242 e. The summed E-state index contributed by atoms with van der Waals surface area (Å²) in [5.74, 6) is 0.626. The van der Waals surface area contributed by atoms with Gasteiger partial charge in [0.25, 0.3) is 0 Å². The van der Waals surface area contributed by atoms with Gasteiger partial charge < -0.3 is 10.1 Å².